The van der Waals surface area contributed by atoms with E-state index in [2.05, 4.69) is 36.7 Å². The highest BCUT2D eigenvalue weighted by Crippen LogP contribution is 2.39. The number of aromatic nitrogens is 2. The van der Waals surface area contributed by atoms with Crippen molar-refractivity contribution in [2.75, 3.05) is 0 Å². The Labute approximate surface area is 132 Å². The Bertz CT molecular complexity index is 792. The lowest BCUT2D eigenvalue weighted by molar-refractivity contribution is 1.50. The van der Waals surface area contributed by atoms with Crippen LogP contribution in [0.25, 0.3) is 29.4 Å². The zero-order valence-corrected chi connectivity index (χ0v) is 14.1. The Balaban J connectivity index is 1.77. The molecule has 4 aromatic rings. The number of thiophene rings is 2. The number of hydrogen-bond donors (Lipinski definition) is 0. The van der Waals surface area contributed by atoms with Crippen LogP contribution < -0.4 is 0 Å². The van der Waals surface area contributed by atoms with Crippen LogP contribution in [-0.2, 0) is 0 Å². The van der Waals surface area contributed by atoms with Crippen molar-refractivity contribution < 1.29 is 0 Å². The first-order valence-electron chi connectivity index (χ1n) is 6.07. The zero-order valence-electron chi connectivity index (χ0n) is 10.8. The zero-order chi connectivity index (χ0) is 13.7. The highest BCUT2D eigenvalue weighted by molar-refractivity contribution is 7.31. The number of hydrogen-bond acceptors (Lipinski definition) is 6. The summed E-state index contributed by atoms with van der Waals surface area (Å²) in [5.74, 6) is 0. The van der Waals surface area contributed by atoms with Gasteiger partial charge in [0.15, 0.2) is 9.66 Å². The largest absolute Gasteiger partial charge is 0.222 e. The first kappa shape index (κ1) is 12.6. The van der Waals surface area contributed by atoms with Gasteiger partial charge in [0.05, 0.1) is 9.75 Å². The summed E-state index contributed by atoms with van der Waals surface area (Å²) in [4.78, 5) is 14.1. The Morgan fingerprint density at radius 2 is 1.20 bits per heavy atom. The van der Waals surface area contributed by atoms with Crippen LogP contribution in [0.4, 0.5) is 0 Å². The second kappa shape index (κ2) is 4.73. The average Bonchev–Trinajstić information content (AvgIpc) is 3.09. The molecule has 0 saturated carbocycles. The van der Waals surface area contributed by atoms with Gasteiger partial charge in [-0.15, -0.1) is 22.7 Å². The third-order valence-electron chi connectivity index (χ3n) is 2.86. The molecular formula is C14H10N2S4. The van der Waals surface area contributed by atoms with Crippen molar-refractivity contribution in [3.8, 4) is 19.8 Å². The van der Waals surface area contributed by atoms with Gasteiger partial charge in [-0.05, 0) is 47.9 Å². The van der Waals surface area contributed by atoms with Crippen LogP contribution in [0.1, 0.15) is 11.1 Å². The van der Waals surface area contributed by atoms with E-state index in [1.165, 1.54) is 20.9 Å². The second-order valence-corrected chi connectivity index (χ2v) is 8.40. The van der Waals surface area contributed by atoms with E-state index in [1.54, 1.807) is 45.3 Å². The topological polar surface area (TPSA) is 25.8 Å². The molecule has 0 saturated heterocycles. The van der Waals surface area contributed by atoms with E-state index in [-0.39, 0.29) is 0 Å². The minimum Gasteiger partial charge on any atom is -0.222 e. The molecule has 4 heterocycles. The molecule has 0 fully saturated rings. The summed E-state index contributed by atoms with van der Waals surface area (Å²) in [6, 6.07) is 4.38. The van der Waals surface area contributed by atoms with E-state index in [0.29, 0.717) is 0 Å². The number of rotatable bonds is 2. The Hall–Kier alpha value is -1.08. The van der Waals surface area contributed by atoms with Crippen LogP contribution in [0.5, 0.6) is 0 Å². The summed E-state index contributed by atoms with van der Waals surface area (Å²) >= 11 is 6.88. The fourth-order valence-corrected chi connectivity index (χ4v) is 5.91. The Morgan fingerprint density at radius 3 is 1.55 bits per heavy atom. The van der Waals surface area contributed by atoms with Crippen LogP contribution in [0.3, 0.4) is 0 Å². The van der Waals surface area contributed by atoms with Gasteiger partial charge in [0, 0.05) is 0 Å². The highest BCUT2D eigenvalue weighted by atomic mass is 32.1. The summed E-state index contributed by atoms with van der Waals surface area (Å²) in [6.07, 6.45) is 0. The SMILES string of the molecule is Cc1csc(-c2nc3sc(-c4cc(C)cs4)nc3s2)c1. The van der Waals surface area contributed by atoms with Crippen LogP contribution in [-0.4, -0.2) is 9.97 Å². The standard InChI is InChI=1S/C14H10N2S4/c1-7-3-9(17-5-7)11-15-13-14(19-11)16-12(20-13)10-4-8(2)6-18-10/h3-6H,1-2H3. The fraction of sp³-hybridized carbons (Fsp3) is 0.143. The molecule has 0 unspecified atom stereocenters. The fourth-order valence-electron chi connectivity index (χ4n) is 1.94. The normalized spacial score (nSPS) is 11.5. The van der Waals surface area contributed by atoms with Gasteiger partial charge in [0.2, 0.25) is 0 Å². The van der Waals surface area contributed by atoms with Crippen molar-refractivity contribution in [3.63, 3.8) is 0 Å². The monoisotopic (exact) mass is 334 g/mol. The Morgan fingerprint density at radius 1 is 0.750 bits per heavy atom. The molecule has 4 aromatic heterocycles. The predicted molar refractivity (Wildman–Crippen MR) is 91.4 cm³/mol. The van der Waals surface area contributed by atoms with Gasteiger partial charge in [-0.1, -0.05) is 22.7 Å². The molecule has 0 aliphatic heterocycles. The summed E-state index contributed by atoms with van der Waals surface area (Å²) < 4.78 is 0. The molecule has 2 nitrogen and oxygen atoms in total. The number of thiazole rings is 2. The van der Waals surface area contributed by atoms with Crippen molar-refractivity contribution in [2.45, 2.75) is 13.8 Å². The summed E-state index contributed by atoms with van der Waals surface area (Å²) in [5, 5.41) is 6.51. The molecule has 0 aliphatic rings. The minimum absolute atomic E-state index is 1.05. The van der Waals surface area contributed by atoms with Gasteiger partial charge >= 0.3 is 0 Å². The van der Waals surface area contributed by atoms with Gasteiger partial charge < -0.3 is 0 Å². The quantitative estimate of drug-likeness (QED) is 0.461. The van der Waals surface area contributed by atoms with Crippen molar-refractivity contribution in [1.29, 1.82) is 0 Å². The molecule has 6 heteroatoms. The van der Waals surface area contributed by atoms with Crippen LogP contribution in [0, 0.1) is 13.8 Å². The third kappa shape index (κ3) is 2.13. The molecule has 0 atom stereocenters. The van der Waals surface area contributed by atoms with Gasteiger partial charge in [-0.25, -0.2) is 9.97 Å². The predicted octanol–water partition coefficient (Wildman–Crippen LogP) is 5.83. The number of fused-ring (bicyclic) bond motifs is 1. The molecular weight excluding hydrogens is 324 g/mol. The number of nitrogens with zero attached hydrogens (tertiary/aromatic N) is 2. The highest BCUT2D eigenvalue weighted by Gasteiger charge is 2.14. The smallest absolute Gasteiger partial charge is 0.155 e. The van der Waals surface area contributed by atoms with Crippen molar-refractivity contribution in [3.05, 3.63) is 34.0 Å². The van der Waals surface area contributed by atoms with Gasteiger partial charge in [0.25, 0.3) is 0 Å². The van der Waals surface area contributed by atoms with E-state index in [0.717, 1.165) is 19.7 Å². The average molecular weight is 335 g/mol. The van der Waals surface area contributed by atoms with E-state index in [9.17, 15) is 0 Å². The van der Waals surface area contributed by atoms with Crippen LogP contribution >= 0.6 is 45.3 Å². The first-order chi connectivity index (χ1) is 9.69. The van der Waals surface area contributed by atoms with E-state index >= 15 is 0 Å². The molecule has 4 rings (SSSR count). The maximum atomic E-state index is 4.74. The van der Waals surface area contributed by atoms with Gasteiger partial charge in [-0.2, -0.15) is 0 Å². The molecule has 0 spiro atoms. The van der Waals surface area contributed by atoms with Gasteiger partial charge in [-0.3, -0.25) is 0 Å². The van der Waals surface area contributed by atoms with Crippen molar-refractivity contribution in [1.82, 2.24) is 9.97 Å². The van der Waals surface area contributed by atoms with Gasteiger partial charge in [0.1, 0.15) is 10.0 Å². The molecule has 100 valence electrons. The molecule has 0 aromatic carbocycles. The van der Waals surface area contributed by atoms with Crippen molar-refractivity contribution >= 4 is 55.0 Å². The minimum atomic E-state index is 1.05. The third-order valence-corrected chi connectivity index (χ3v) is 7.32. The van der Waals surface area contributed by atoms with Crippen LogP contribution in [0.2, 0.25) is 0 Å². The van der Waals surface area contributed by atoms with Crippen molar-refractivity contribution in [2.24, 2.45) is 0 Å². The summed E-state index contributed by atoms with van der Waals surface area (Å²) in [5.41, 5.74) is 2.59. The maximum Gasteiger partial charge on any atom is 0.155 e. The first-order valence-corrected chi connectivity index (χ1v) is 9.46. The Kier molecular flexibility index (Phi) is 2.99. The van der Waals surface area contributed by atoms with Crippen LogP contribution in [0.15, 0.2) is 22.9 Å². The second-order valence-electron chi connectivity index (χ2n) is 4.62. The number of aryl methyl sites for hydroxylation is 2. The van der Waals surface area contributed by atoms with E-state index < -0.39 is 0 Å². The molecule has 0 amide bonds. The molecule has 0 bridgehead atoms. The molecule has 0 radical (unpaired) electrons. The lowest BCUT2D eigenvalue weighted by atomic mass is 10.3. The molecule has 0 N–H and O–H groups in total. The van der Waals surface area contributed by atoms with E-state index in [1.807, 2.05) is 0 Å². The lowest BCUT2D eigenvalue weighted by Gasteiger charge is -1.88. The maximum absolute atomic E-state index is 4.74. The lowest BCUT2D eigenvalue weighted by Crippen LogP contribution is -1.68. The summed E-state index contributed by atoms with van der Waals surface area (Å²) in [6.45, 7) is 4.23. The summed E-state index contributed by atoms with van der Waals surface area (Å²) in [7, 11) is 0. The molecule has 20 heavy (non-hydrogen) atoms. The van der Waals surface area contributed by atoms with E-state index in [4.69, 9.17) is 9.97 Å². The molecule has 0 aliphatic carbocycles.